The minimum Gasteiger partial charge on any atom is -0.462 e. The monoisotopic (exact) mass is 474 g/mol. The van der Waals surface area contributed by atoms with Crippen molar-refractivity contribution in [1.29, 1.82) is 0 Å². The molecule has 0 saturated carbocycles. The minimum atomic E-state index is -0.330. The van der Waals surface area contributed by atoms with Crippen molar-refractivity contribution in [3.05, 3.63) is 39.5 Å². The summed E-state index contributed by atoms with van der Waals surface area (Å²) in [5.41, 5.74) is 2.04. The van der Waals surface area contributed by atoms with Crippen molar-refractivity contribution in [3.8, 4) is 11.5 Å². The molecule has 0 amide bonds. The average molecular weight is 475 g/mol. The van der Waals surface area contributed by atoms with Crippen LogP contribution in [0.5, 0.6) is 11.5 Å². The van der Waals surface area contributed by atoms with Crippen molar-refractivity contribution in [2.45, 2.75) is 20.4 Å². The third kappa shape index (κ3) is 3.96. The number of ether oxygens (including phenoxy) is 3. The molecule has 168 valence electrons. The third-order valence-corrected chi connectivity index (χ3v) is 7.05. The highest BCUT2D eigenvalue weighted by Crippen LogP contribution is 2.37. The van der Waals surface area contributed by atoms with E-state index in [0.717, 1.165) is 61.0 Å². The van der Waals surface area contributed by atoms with Gasteiger partial charge in [0.1, 0.15) is 15.5 Å². The van der Waals surface area contributed by atoms with E-state index < -0.39 is 0 Å². The number of hydrogen-bond donors (Lipinski definition) is 0. The lowest BCUT2D eigenvalue weighted by Gasteiger charge is -2.35. The van der Waals surface area contributed by atoms with Crippen molar-refractivity contribution < 1.29 is 19.0 Å². The van der Waals surface area contributed by atoms with Crippen molar-refractivity contribution in [2.75, 3.05) is 44.5 Å². The zero-order valence-corrected chi connectivity index (χ0v) is 19.5. The molecule has 0 atom stereocenters. The number of halogens is 1. The number of thiophene rings is 1. The van der Waals surface area contributed by atoms with Gasteiger partial charge in [0.25, 0.3) is 0 Å². The van der Waals surface area contributed by atoms with E-state index in [0.29, 0.717) is 16.3 Å². The maximum atomic E-state index is 12.4. The van der Waals surface area contributed by atoms with Gasteiger partial charge in [-0.15, -0.1) is 11.3 Å². The quantitative estimate of drug-likeness (QED) is 0.407. The van der Waals surface area contributed by atoms with E-state index in [4.69, 9.17) is 25.8 Å². The number of aryl methyl sites for hydroxylation is 1. The number of nitrogens with zero attached hydrogens (tertiary/aromatic N) is 4. The number of aromatic nitrogens is 2. The first-order valence-electron chi connectivity index (χ1n) is 10.5. The summed E-state index contributed by atoms with van der Waals surface area (Å²) < 4.78 is 16.1. The predicted molar refractivity (Wildman–Crippen MR) is 123 cm³/mol. The third-order valence-electron chi connectivity index (χ3n) is 5.72. The first kappa shape index (κ1) is 21.2. The number of anilines is 1. The molecule has 0 spiro atoms. The molecule has 1 aromatic carbocycles. The number of hydrogen-bond acceptors (Lipinski definition) is 9. The van der Waals surface area contributed by atoms with Gasteiger partial charge in [-0.25, -0.2) is 9.78 Å². The second kappa shape index (κ2) is 8.73. The molecule has 2 aromatic heterocycles. The molecule has 10 heteroatoms. The fourth-order valence-corrected chi connectivity index (χ4v) is 5.41. The fraction of sp³-hybridized carbons (Fsp3) is 0.409. The van der Waals surface area contributed by atoms with Gasteiger partial charge in [0, 0.05) is 32.7 Å². The molecular weight excluding hydrogens is 452 g/mol. The molecule has 1 saturated heterocycles. The first-order valence-corrected chi connectivity index (χ1v) is 11.7. The lowest BCUT2D eigenvalue weighted by atomic mass is 10.1. The predicted octanol–water partition coefficient (Wildman–Crippen LogP) is 3.88. The lowest BCUT2D eigenvalue weighted by Crippen LogP contribution is -2.46. The van der Waals surface area contributed by atoms with E-state index in [9.17, 15) is 4.79 Å². The van der Waals surface area contributed by atoms with Gasteiger partial charge in [-0.2, -0.15) is 4.98 Å². The Morgan fingerprint density at radius 1 is 1.19 bits per heavy atom. The van der Waals surface area contributed by atoms with E-state index in [1.54, 1.807) is 6.92 Å². The summed E-state index contributed by atoms with van der Waals surface area (Å²) in [4.78, 5) is 27.2. The summed E-state index contributed by atoms with van der Waals surface area (Å²) in [6.07, 6.45) is 0. The minimum absolute atomic E-state index is 0.187. The Morgan fingerprint density at radius 3 is 2.75 bits per heavy atom. The Hall–Kier alpha value is -2.62. The van der Waals surface area contributed by atoms with Gasteiger partial charge in [-0.05, 0) is 48.7 Å². The van der Waals surface area contributed by atoms with Crippen molar-refractivity contribution in [2.24, 2.45) is 0 Å². The van der Waals surface area contributed by atoms with Crippen LogP contribution in [0.2, 0.25) is 5.28 Å². The number of carbonyl (C=O) groups excluding carboxylic acids is 1. The van der Waals surface area contributed by atoms with Crippen LogP contribution in [0.4, 0.5) is 5.82 Å². The Kier molecular flexibility index (Phi) is 5.79. The molecule has 1 fully saturated rings. The summed E-state index contributed by atoms with van der Waals surface area (Å²) in [6.45, 7) is 8.54. The zero-order chi connectivity index (χ0) is 22.2. The smallest absolute Gasteiger partial charge is 0.348 e. The summed E-state index contributed by atoms with van der Waals surface area (Å²) in [5, 5.41) is 1.07. The summed E-state index contributed by atoms with van der Waals surface area (Å²) in [7, 11) is 0. The molecule has 2 aliphatic rings. The summed E-state index contributed by atoms with van der Waals surface area (Å²) >= 11 is 7.54. The van der Waals surface area contributed by atoms with Gasteiger partial charge in [0.05, 0.1) is 12.0 Å². The number of esters is 1. The van der Waals surface area contributed by atoms with Crippen LogP contribution in [0.3, 0.4) is 0 Å². The Labute approximate surface area is 194 Å². The van der Waals surface area contributed by atoms with Crippen LogP contribution >= 0.6 is 22.9 Å². The van der Waals surface area contributed by atoms with Crippen LogP contribution in [0, 0.1) is 6.92 Å². The Morgan fingerprint density at radius 2 is 1.97 bits per heavy atom. The number of rotatable bonds is 5. The van der Waals surface area contributed by atoms with Gasteiger partial charge >= 0.3 is 5.97 Å². The number of benzene rings is 1. The topological polar surface area (TPSA) is 77.0 Å². The normalized spacial score (nSPS) is 16.0. The molecule has 3 aromatic rings. The second-order valence-corrected chi connectivity index (χ2v) is 9.06. The van der Waals surface area contributed by atoms with Crippen LogP contribution in [-0.2, 0) is 11.3 Å². The lowest BCUT2D eigenvalue weighted by molar-refractivity contribution is 0.0531. The fourth-order valence-electron chi connectivity index (χ4n) is 4.13. The summed E-state index contributed by atoms with van der Waals surface area (Å²) in [6, 6.07) is 6.10. The molecule has 0 radical (unpaired) electrons. The molecule has 0 aliphatic carbocycles. The highest BCUT2D eigenvalue weighted by atomic mass is 35.5. The number of piperazine rings is 1. The van der Waals surface area contributed by atoms with Gasteiger partial charge in [-0.1, -0.05) is 6.07 Å². The largest absolute Gasteiger partial charge is 0.462 e. The molecular formula is C22H23ClN4O4S. The van der Waals surface area contributed by atoms with Crippen LogP contribution < -0.4 is 14.4 Å². The van der Waals surface area contributed by atoms with Crippen LogP contribution in [0.25, 0.3) is 10.2 Å². The molecule has 2 aliphatic heterocycles. The first-order chi connectivity index (χ1) is 15.5. The van der Waals surface area contributed by atoms with E-state index in [1.165, 1.54) is 16.9 Å². The van der Waals surface area contributed by atoms with E-state index >= 15 is 0 Å². The average Bonchev–Trinajstić information content (AvgIpc) is 3.38. The maximum absolute atomic E-state index is 12.4. The molecule has 5 rings (SSSR count). The molecule has 32 heavy (non-hydrogen) atoms. The molecule has 4 heterocycles. The molecule has 0 bridgehead atoms. The van der Waals surface area contributed by atoms with Crippen LogP contribution in [0.1, 0.15) is 27.7 Å². The van der Waals surface area contributed by atoms with E-state index in [1.807, 2.05) is 19.1 Å². The van der Waals surface area contributed by atoms with Crippen LogP contribution in [-0.4, -0.2) is 60.4 Å². The highest BCUT2D eigenvalue weighted by Gasteiger charge is 2.26. The zero-order valence-electron chi connectivity index (χ0n) is 17.9. The second-order valence-electron chi connectivity index (χ2n) is 7.72. The molecule has 8 nitrogen and oxygen atoms in total. The molecule has 0 unspecified atom stereocenters. The van der Waals surface area contributed by atoms with Crippen molar-refractivity contribution in [3.63, 3.8) is 0 Å². The van der Waals surface area contributed by atoms with Gasteiger partial charge < -0.3 is 19.1 Å². The standard InChI is InChI=1S/C22H23ClN4O4S/c1-3-29-21(28)18-13(2)17-19(24-22(23)25-20(17)32-18)27-8-6-26(7-9-27)11-14-4-5-15-16(10-14)31-12-30-15/h4-5,10H,3,6-9,11-12H2,1-2H3. The molecule has 0 N–H and O–H groups in total. The SMILES string of the molecule is CCOC(=O)c1sc2nc(Cl)nc(N3CCN(Cc4ccc5c(c4)OCO5)CC3)c2c1C. The maximum Gasteiger partial charge on any atom is 0.348 e. The van der Waals surface area contributed by atoms with Crippen LogP contribution in [0.15, 0.2) is 18.2 Å². The van der Waals surface area contributed by atoms with Gasteiger partial charge in [0.15, 0.2) is 11.5 Å². The van der Waals surface area contributed by atoms with Crippen molar-refractivity contribution >= 4 is 44.9 Å². The summed E-state index contributed by atoms with van der Waals surface area (Å²) in [5.74, 6) is 2.07. The van der Waals surface area contributed by atoms with Gasteiger partial charge in [-0.3, -0.25) is 4.90 Å². The number of fused-ring (bicyclic) bond motifs is 2. The highest BCUT2D eigenvalue weighted by molar-refractivity contribution is 7.20. The Bertz CT molecular complexity index is 1180. The number of carbonyl (C=O) groups is 1. The van der Waals surface area contributed by atoms with E-state index in [2.05, 4.69) is 25.8 Å². The Balaban J connectivity index is 1.34. The van der Waals surface area contributed by atoms with Gasteiger partial charge in [0.2, 0.25) is 12.1 Å². The van der Waals surface area contributed by atoms with E-state index in [-0.39, 0.29) is 18.0 Å². The van der Waals surface area contributed by atoms with Crippen molar-refractivity contribution in [1.82, 2.24) is 14.9 Å².